The quantitative estimate of drug-likeness (QED) is 0.323. The Balaban J connectivity index is 1.54. The lowest BCUT2D eigenvalue weighted by Gasteiger charge is -2.28. The summed E-state index contributed by atoms with van der Waals surface area (Å²) in [7, 11) is 1.49. The molecule has 1 aliphatic rings. The number of furan rings is 1. The van der Waals surface area contributed by atoms with Crippen LogP contribution in [-0.4, -0.2) is 34.3 Å². The van der Waals surface area contributed by atoms with Crippen LogP contribution in [0.2, 0.25) is 0 Å². The smallest absolute Gasteiger partial charge is 0.250 e. The van der Waals surface area contributed by atoms with Crippen molar-refractivity contribution >= 4 is 34.6 Å². The van der Waals surface area contributed by atoms with Gasteiger partial charge in [0, 0.05) is 36.1 Å². The van der Waals surface area contributed by atoms with E-state index < -0.39 is 0 Å². The molecular formula is C28H29N5O3S. The maximum Gasteiger partial charge on any atom is 0.250 e. The second kappa shape index (κ2) is 10.6. The maximum atomic E-state index is 11.9. The topological polar surface area (TPSA) is 84.6 Å². The highest BCUT2D eigenvalue weighted by Gasteiger charge is 2.42. The summed E-state index contributed by atoms with van der Waals surface area (Å²) in [5.74, 6) is 0.698. The molecule has 9 heteroatoms. The molecule has 0 bridgehead atoms. The number of carbonyl (C=O) groups excluding carboxylic acids is 1. The third-order valence-corrected chi connectivity index (χ3v) is 6.94. The van der Waals surface area contributed by atoms with Gasteiger partial charge in [-0.3, -0.25) is 9.78 Å². The van der Waals surface area contributed by atoms with E-state index in [0.29, 0.717) is 17.3 Å². The van der Waals surface area contributed by atoms with Gasteiger partial charge in [0.25, 0.3) is 0 Å². The number of carbonyl (C=O) groups is 1. The normalized spacial score (nSPS) is 17.2. The summed E-state index contributed by atoms with van der Waals surface area (Å²) in [4.78, 5) is 18.7. The van der Waals surface area contributed by atoms with Crippen LogP contribution in [0.15, 0.2) is 77.5 Å². The summed E-state index contributed by atoms with van der Waals surface area (Å²) in [6.07, 6.45) is 3.50. The Morgan fingerprint density at radius 3 is 2.65 bits per heavy atom. The number of rotatable bonds is 8. The van der Waals surface area contributed by atoms with Gasteiger partial charge in [-0.05, 0) is 86.2 Å². The van der Waals surface area contributed by atoms with E-state index in [2.05, 4.69) is 45.0 Å². The first-order valence-electron chi connectivity index (χ1n) is 12.0. The van der Waals surface area contributed by atoms with Gasteiger partial charge in [-0.15, -0.1) is 0 Å². The monoisotopic (exact) mass is 515 g/mol. The molecule has 4 aromatic rings. The summed E-state index contributed by atoms with van der Waals surface area (Å²) >= 11 is 5.87. The zero-order valence-electron chi connectivity index (χ0n) is 21.0. The van der Waals surface area contributed by atoms with E-state index in [4.69, 9.17) is 21.4 Å². The van der Waals surface area contributed by atoms with E-state index in [1.54, 1.807) is 12.5 Å². The van der Waals surface area contributed by atoms with Crippen LogP contribution in [0.25, 0.3) is 0 Å². The van der Waals surface area contributed by atoms with Crippen LogP contribution in [0.3, 0.4) is 0 Å². The number of nitrogens with one attached hydrogen (secondary N) is 2. The Kier molecular flexibility index (Phi) is 7.07. The number of amides is 1. The third kappa shape index (κ3) is 5.00. The van der Waals surface area contributed by atoms with E-state index in [1.165, 1.54) is 7.11 Å². The molecule has 0 spiro atoms. The lowest BCUT2D eigenvalue weighted by Crippen LogP contribution is -2.29. The Bertz CT molecular complexity index is 1380. The minimum absolute atomic E-state index is 0.00331. The number of nitrogens with zero attached hydrogens (tertiary/aromatic N) is 3. The number of thiocarbonyl (C=S) groups is 1. The number of hydrogen-bond donors (Lipinski definition) is 2. The van der Waals surface area contributed by atoms with Gasteiger partial charge in [0.15, 0.2) is 5.11 Å². The molecule has 2 N–H and O–H groups in total. The van der Waals surface area contributed by atoms with Crippen molar-refractivity contribution in [3.8, 4) is 0 Å². The number of pyridine rings is 1. The fourth-order valence-electron chi connectivity index (χ4n) is 4.91. The summed E-state index contributed by atoms with van der Waals surface area (Å²) in [5.41, 5.74) is 5.96. The van der Waals surface area contributed by atoms with Crippen molar-refractivity contribution in [2.75, 3.05) is 23.9 Å². The van der Waals surface area contributed by atoms with Crippen molar-refractivity contribution in [2.24, 2.45) is 0 Å². The molecule has 190 valence electrons. The molecular weight excluding hydrogens is 486 g/mol. The molecule has 5 rings (SSSR count). The highest BCUT2D eigenvalue weighted by Crippen LogP contribution is 2.43. The highest BCUT2D eigenvalue weighted by molar-refractivity contribution is 7.80. The second-order valence-corrected chi connectivity index (χ2v) is 9.40. The Labute approximate surface area is 221 Å². The highest BCUT2D eigenvalue weighted by atomic mass is 32.1. The van der Waals surface area contributed by atoms with Crippen molar-refractivity contribution in [1.82, 2.24) is 14.9 Å². The van der Waals surface area contributed by atoms with E-state index >= 15 is 0 Å². The number of benzene rings is 1. The molecule has 0 aliphatic carbocycles. The largest absolute Gasteiger partial charge is 0.467 e. The van der Waals surface area contributed by atoms with Crippen molar-refractivity contribution in [3.63, 3.8) is 0 Å². The first kappa shape index (κ1) is 24.7. The molecule has 1 amide bonds. The molecule has 0 saturated carbocycles. The van der Waals surface area contributed by atoms with E-state index in [1.807, 2.05) is 54.6 Å². The summed E-state index contributed by atoms with van der Waals surface area (Å²) in [6, 6.07) is 19.4. The molecule has 1 aromatic carbocycles. The van der Waals surface area contributed by atoms with Gasteiger partial charge in [0.2, 0.25) is 5.91 Å². The van der Waals surface area contributed by atoms with Gasteiger partial charge in [-0.1, -0.05) is 6.07 Å². The summed E-state index contributed by atoms with van der Waals surface area (Å²) in [5, 5.41) is 6.97. The van der Waals surface area contributed by atoms with Gasteiger partial charge in [0.05, 0.1) is 30.6 Å². The standard InChI is InChI=1S/C28H29N5O3S/c1-18-15-23(19(2)32(18)16-22-7-6-14-36-22)27-26(24-8-4-5-13-29-24)31-28(37)33(27)21-11-9-20(10-12-21)30-25(34)17-35-3/h4-15,26-27H,16-17H2,1-3H3,(H,30,34)(H,31,37)/t26-,27+/m0/s1. The maximum absolute atomic E-state index is 11.9. The fourth-order valence-corrected chi connectivity index (χ4v) is 5.26. The van der Waals surface area contributed by atoms with Crippen molar-refractivity contribution in [3.05, 3.63) is 102 Å². The molecule has 3 aromatic heterocycles. The number of hydrogen-bond acceptors (Lipinski definition) is 5. The van der Waals surface area contributed by atoms with Gasteiger partial charge in [-0.25, -0.2) is 0 Å². The van der Waals surface area contributed by atoms with Crippen LogP contribution in [0.5, 0.6) is 0 Å². The molecule has 37 heavy (non-hydrogen) atoms. The summed E-state index contributed by atoms with van der Waals surface area (Å²) in [6.45, 7) is 4.90. The number of anilines is 2. The van der Waals surface area contributed by atoms with Gasteiger partial charge in [0.1, 0.15) is 12.4 Å². The molecule has 1 saturated heterocycles. The minimum atomic E-state index is -0.203. The van der Waals surface area contributed by atoms with Crippen LogP contribution < -0.4 is 15.5 Å². The molecule has 8 nitrogen and oxygen atoms in total. The molecule has 1 fully saturated rings. The summed E-state index contributed by atoms with van der Waals surface area (Å²) < 4.78 is 12.8. The predicted octanol–water partition coefficient (Wildman–Crippen LogP) is 4.90. The van der Waals surface area contributed by atoms with E-state index in [9.17, 15) is 4.79 Å². The lowest BCUT2D eigenvalue weighted by atomic mass is 9.96. The average Bonchev–Trinajstić information content (AvgIpc) is 3.60. The third-order valence-electron chi connectivity index (χ3n) is 6.63. The first-order valence-corrected chi connectivity index (χ1v) is 12.5. The number of methoxy groups -OCH3 is 1. The van der Waals surface area contributed by atoms with Gasteiger partial charge >= 0.3 is 0 Å². The van der Waals surface area contributed by atoms with E-state index in [-0.39, 0.29) is 24.6 Å². The number of aromatic nitrogens is 2. The van der Waals surface area contributed by atoms with Crippen molar-refractivity contribution < 1.29 is 13.9 Å². The zero-order valence-corrected chi connectivity index (χ0v) is 21.8. The Morgan fingerprint density at radius 1 is 1.16 bits per heavy atom. The van der Waals surface area contributed by atoms with Gasteiger partial charge in [-0.2, -0.15) is 0 Å². The lowest BCUT2D eigenvalue weighted by molar-refractivity contribution is -0.119. The molecule has 0 unspecified atom stereocenters. The first-order chi connectivity index (χ1) is 18.0. The van der Waals surface area contributed by atoms with Crippen molar-refractivity contribution in [2.45, 2.75) is 32.5 Å². The molecule has 2 atom stereocenters. The average molecular weight is 516 g/mol. The van der Waals surface area contributed by atoms with Crippen LogP contribution in [-0.2, 0) is 16.1 Å². The predicted molar refractivity (Wildman–Crippen MR) is 147 cm³/mol. The number of ether oxygens (including phenoxy) is 1. The van der Waals surface area contributed by atoms with E-state index in [0.717, 1.165) is 34.1 Å². The van der Waals surface area contributed by atoms with Gasteiger partial charge < -0.3 is 29.3 Å². The molecule has 1 aliphatic heterocycles. The number of aryl methyl sites for hydroxylation is 1. The minimum Gasteiger partial charge on any atom is -0.467 e. The fraction of sp³-hybridized carbons (Fsp3) is 0.250. The molecule has 0 radical (unpaired) electrons. The van der Waals surface area contributed by atoms with Crippen LogP contribution >= 0.6 is 12.2 Å². The van der Waals surface area contributed by atoms with Crippen molar-refractivity contribution in [1.29, 1.82) is 0 Å². The zero-order chi connectivity index (χ0) is 25.9. The molecule has 4 heterocycles. The van der Waals surface area contributed by atoms with Crippen LogP contribution in [0.1, 0.15) is 40.5 Å². The van der Waals surface area contributed by atoms with Crippen LogP contribution in [0.4, 0.5) is 11.4 Å². The second-order valence-electron chi connectivity index (χ2n) is 9.02. The Hall–Kier alpha value is -3.95. The Morgan fingerprint density at radius 2 is 1.97 bits per heavy atom. The van der Waals surface area contributed by atoms with Crippen LogP contribution in [0, 0.1) is 13.8 Å². The SMILES string of the molecule is COCC(=O)Nc1ccc(N2C(=S)N[C@@H](c3ccccn3)[C@H]2c2cc(C)n(Cc3ccco3)c2C)cc1.